The SMILES string of the molecule is Fc1ccccc1-c1nn2c(-c3cnccn3)nnc2s1. The first-order chi connectivity index (χ1) is 10.3. The summed E-state index contributed by atoms with van der Waals surface area (Å²) in [6, 6.07) is 6.50. The van der Waals surface area contributed by atoms with Gasteiger partial charge in [0.25, 0.3) is 0 Å². The number of rotatable bonds is 2. The van der Waals surface area contributed by atoms with Gasteiger partial charge in [-0.05, 0) is 12.1 Å². The predicted molar refractivity (Wildman–Crippen MR) is 75.1 cm³/mol. The molecule has 1 aromatic carbocycles. The van der Waals surface area contributed by atoms with Crippen LogP contribution >= 0.6 is 11.3 Å². The second kappa shape index (κ2) is 4.67. The first-order valence-electron chi connectivity index (χ1n) is 6.06. The number of nitrogens with zero attached hydrogens (tertiary/aromatic N) is 6. The molecule has 6 nitrogen and oxygen atoms in total. The highest BCUT2D eigenvalue weighted by Gasteiger charge is 2.16. The standard InChI is InChI=1S/C13H7FN6S/c14-9-4-2-1-3-8(9)12-19-20-11(17-18-13(20)21-12)10-7-15-5-6-16-10/h1-7H. The average Bonchev–Trinajstić information content (AvgIpc) is 3.08. The van der Waals surface area contributed by atoms with E-state index in [9.17, 15) is 4.39 Å². The molecule has 0 fully saturated rings. The van der Waals surface area contributed by atoms with Crippen molar-refractivity contribution in [3.63, 3.8) is 0 Å². The maximum absolute atomic E-state index is 13.8. The van der Waals surface area contributed by atoms with Crippen LogP contribution in [-0.2, 0) is 0 Å². The Morgan fingerprint density at radius 3 is 2.81 bits per heavy atom. The van der Waals surface area contributed by atoms with Gasteiger partial charge in [0.15, 0.2) is 5.01 Å². The van der Waals surface area contributed by atoms with Gasteiger partial charge in [0.1, 0.15) is 11.5 Å². The molecule has 0 saturated heterocycles. The molecular formula is C13H7FN6S. The smallest absolute Gasteiger partial charge is 0.235 e. The number of aromatic nitrogens is 6. The Balaban J connectivity index is 1.89. The highest BCUT2D eigenvalue weighted by molar-refractivity contribution is 7.19. The molecule has 0 spiro atoms. The highest BCUT2D eigenvalue weighted by Crippen LogP contribution is 2.28. The fraction of sp³-hybridized carbons (Fsp3) is 0. The van der Waals surface area contributed by atoms with Crippen molar-refractivity contribution in [2.75, 3.05) is 0 Å². The van der Waals surface area contributed by atoms with Crippen LogP contribution in [0.2, 0.25) is 0 Å². The summed E-state index contributed by atoms with van der Waals surface area (Å²) in [5.74, 6) is 0.167. The van der Waals surface area contributed by atoms with Crippen molar-refractivity contribution in [1.82, 2.24) is 29.8 Å². The van der Waals surface area contributed by atoms with E-state index in [0.29, 0.717) is 27.1 Å². The van der Waals surface area contributed by atoms with Gasteiger partial charge in [-0.3, -0.25) is 4.98 Å². The second-order valence-corrected chi connectivity index (χ2v) is 5.15. The Labute approximate surface area is 122 Å². The third kappa shape index (κ3) is 1.96. The van der Waals surface area contributed by atoms with E-state index in [-0.39, 0.29) is 5.82 Å². The van der Waals surface area contributed by atoms with Gasteiger partial charge >= 0.3 is 0 Å². The van der Waals surface area contributed by atoms with Crippen molar-refractivity contribution < 1.29 is 4.39 Å². The van der Waals surface area contributed by atoms with Gasteiger partial charge in [-0.15, -0.1) is 10.2 Å². The van der Waals surface area contributed by atoms with Crippen LogP contribution in [0.3, 0.4) is 0 Å². The summed E-state index contributed by atoms with van der Waals surface area (Å²) in [4.78, 5) is 8.75. The lowest BCUT2D eigenvalue weighted by molar-refractivity contribution is 0.631. The molecule has 21 heavy (non-hydrogen) atoms. The van der Waals surface area contributed by atoms with Crippen molar-refractivity contribution in [1.29, 1.82) is 0 Å². The molecule has 4 rings (SSSR count). The van der Waals surface area contributed by atoms with Crippen LogP contribution in [0.1, 0.15) is 0 Å². The summed E-state index contributed by atoms with van der Waals surface area (Å²) in [5, 5.41) is 13.0. The Morgan fingerprint density at radius 1 is 1.10 bits per heavy atom. The zero-order chi connectivity index (χ0) is 14.2. The minimum atomic E-state index is -0.316. The normalized spacial score (nSPS) is 11.1. The Kier molecular flexibility index (Phi) is 2.68. The van der Waals surface area contributed by atoms with Crippen LogP contribution in [0.5, 0.6) is 0 Å². The lowest BCUT2D eigenvalue weighted by Crippen LogP contribution is -1.94. The van der Waals surface area contributed by atoms with Gasteiger partial charge in [0.2, 0.25) is 10.8 Å². The van der Waals surface area contributed by atoms with Gasteiger partial charge in [0.05, 0.1) is 6.20 Å². The summed E-state index contributed by atoms with van der Waals surface area (Å²) in [6.45, 7) is 0. The van der Waals surface area contributed by atoms with Crippen LogP contribution in [0.15, 0.2) is 42.9 Å². The Morgan fingerprint density at radius 2 is 2.00 bits per heavy atom. The summed E-state index contributed by atoms with van der Waals surface area (Å²) in [5.41, 5.74) is 1.01. The first kappa shape index (κ1) is 12.0. The summed E-state index contributed by atoms with van der Waals surface area (Å²) in [7, 11) is 0. The van der Waals surface area contributed by atoms with Crippen LogP contribution in [0, 0.1) is 5.82 Å². The molecule has 3 heterocycles. The van der Waals surface area contributed by atoms with E-state index < -0.39 is 0 Å². The molecule has 0 aliphatic heterocycles. The average molecular weight is 298 g/mol. The van der Waals surface area contributed by atoms with Crippen LogP contribution < -0.4 is 0 Å². The molecule has 0 N–H and O–H groups in total. The van der Waals surface area contributed by atoms with E-state index in [4.69, 9.17) is 0 Å². The van der Waals surface area contributed by atoms with E-state index in [1.54, 1.807) is 41.3 Å². The topological polar surface area (TPSA) is 68.9 Å². The van der Waals surface area contributed by atoms with Gasteiger partial charge in [0, 0.05) is 18.0 Å². The lowest BCUT2D eigenvalue weighted by atomic mass is 10.2. The van der Waals surface area contributed by atoms with Gasteiger partial charge < -0.3 is 0 Å². The fourth-order valence-corrected chi connectivity index (χ4v) is 2.80. The maximum atomic E-state index is 13.8. The van der Waals surface area contributed by atoms with Crippen molar-refractivity contribution in [2.24, 2.45) is 0 Å². The molecule has 8 heteroatoms. The third-order valence-electron chi connectivity index (χ3n) is 2.89. The molecule has 3 aromatic heterocycles. The molecule has 0 aliphatic rings. The Bertz CT molecular complexity index is 917. The molecule has 102 valence electrons. The van der Waals surface area contributed by atoms with E-state index in [0.717, 1.165) is 0 Å². The van der Waals surface area contributed by atoms with Crippen molar-refractivity contribution in [3.8, 4) is 22.1 Å². The molecule has 0 radical (unpaired) electrons. The van der Waals surface area contributed by atoms with E-state index in [2.05, 4.69) is 25.3 Å². The van der Waals surface area contributed by atoms with Crippen LogP contribution in [0.25, 0.3) is 27.1 Å². The Hall–Kier alpha value is -2.74. The second-order valence-electron chi connectivity index (χ2n) is 4.20. The number of benzene rings is 1. The minimum Gasteiger partial charge on any atom is -0.261 e. The van der Waals surface area contributed by atoms with Crippen LogP contribution in [-0.4, -0.2) is 29.8 Å². The number of hydrogen-bond donors (Lipinski definition) is 0. The largest absolute Gasteiger partial charge is 0.261 e. The molecule has 0 amide bonds. The van der Waals surface area contributed by atoms with Gasteiger partial charge in [-0.1, -0.05) is 23.5 Å². The zero-order valence-corrected chi connectivity index (χ0v) is 11.3. The summed E-state index contributed by atoms with van der Waals surface area (Å²) in [6.07, 6.45) is 4.73. The van der Waals surface area contributed by atoms with Crippen molar-refractivity contribution in [2.45, 2.75) is 0 Å². The zero-order valence-electron chi connectivity index (χ0n) is 10.5. The number of halogens is 1. The first-order valence-corrected chi connectivity index (χ1v) is 6.88. The molecule has 0 bridgehead atoms. The molecular weight excluding hydrogens is 291 g/mol. The summed E-state index contributed by atoms with van der Waals surface area (Å²) < 4.78 is 15.4. The molecule has 0 atom stereocenters. The van der Waals surface area contributed by atoms with Gasteiger partial charge in [-0.2, -0.15) is 9.61 Å². The monoisotopic (exact) mass is 298 g/mol. The van der Waals surface area contributed by atoms with E-state index in [1.807, 2.05) is 0 Å². The summed E-state index contributed by atoms with van der Waals surface area (Å²) >= 11 is 1.27. The molecule has 0 unspecified atom stereocenters. The number of fused-ring (bicyclic) bond motifs is 1. The minimum absolute atomic E-state index is 0.316. The molecule has 0 aliphatic carbocycles. The van der Waals surface area contributed by atoms with E-state index in [1.165, 1.54) is 17.4 Å². The quantitative estimate of drug-likeness (QED) is 0.568. The lowest BCUT2D eigenvalue weighted by Gasteiger charge is -1.97. The predicted octanol–water partition coefficient (Wildman–Crippen LogP) is 2.45. The van der Waals surface area contributed by atoms with Crippen LogP contribution in [0.4, 0.5) is 4.39 Å². The van der Waals surface area contributed by atoms with Gasteiger partial charge in [-0.25, -0.2) is 9.37 Å². The molecule has 4 aromatic rings. The van der Waals surface area contributed by atoms with Crippen molar-refractivity contribution >= 4 is 16.3 Å². The van der Waals surface area contributed by atoms with E-state index >= 15 is 0 Å². The number of hydrogen-bond acceptors (Lipinski definition) is 6. The molecule has 0 saturated carbocycles. The third-order valence-corrected chi connectivity index (χ3v) is 3.82. The fourth-order valence-electron chi connectivity index (χ4n) is 1.93. The van der Waals surface area contributed by atoms with Crippen molar-refractivity contribution in [3.05, 3.63) is 48.7 Å². The highest BCUT2D eigenvalue weighted by atomic mass is 32.1. The maximum Gasteiger partial charge on any atom is 0.235 e.